The second-order valence-electron chi connectivity index (χ2n) is 5.86. The summed E-state index contributed by atoms with van der Waals surface area (Å²) in [6.45, 7) is 1.94. The van der Waals surface area contributed by atoms with Gasteiger partial charge >= 0.3 is 0 Å². The van der Waals surface area contributed by atoms with Crippen LogP contribution in [0.5, 0.6) is 0 Å². The van der Waals surface area contributed by atoms with Gasteiger partial charge in [0, 0.05) is 5.92 Å². The monoisotopic (exact) mass is 296 g/mol. The summed E-state index contributed by atoms with van der Waals surface area (Å²) in [4.78, 5) is 4.59. The van der Waals surface area contributed by atoms with Crippen LogP contribution in [0.15, 0.2) is 36.4 Å². The van der Waals surface area contributed by atoms with Crippen molar-refractivity contribution in [3.05, 3.63) is 47.9 Å². The molecule has 0 aliphatic heterocycles. The van der Waals surface area contributed by atoms with Crippen LogP contribution in [0.1, 0.15) is 36.7 Å². The average molecular weight is 296 g/mol. The second-order valence-corrected chi connectivity index (χ2v) is 5.86. The molecule has 22 heavy (non-hydrogen) atoms. The fourth-order valence-corrected chi connectivity index (χ4v) is 3.25. The largest absolute Gasteiger partial charge is 0.276 e. The Labute approximate surface area is 127 Å². The van der Waals surface area contributed by atoms with Gasteiger partial charge in [-0.2, -0.15) is 0 Å². The Morgan fingerprint density at radius 2 is 2.09 bits per heavy atom. The van der Waals surface area contributed by atoms with E-state index in [1.807, 2.05) is 37.3 Å². The molecule has 1 aromatic carbocycles. The summed E-state index contributed by atoms with van der Waals surface area (Å²) in [7, 11) is 0. The van der Waals surface area contributed by atoms with E-state index in [0.29, 0.717) is 6.42 Å². The average Bonchev–Trinajstić information content (AvgIpc) is 2.85. The molecule has 0 N–H and O–H groups in total. The highest BCUT2D eigenvalue weighted by Gasteiger charge is 2.24. The number of alkyl halides is 1. The minimum absolute atomic E-state index is 0.0743. The first-order valence-corrected chi connectivity index (χ1v) is 7.65. The van der Waals surface area contributed by atoms with Gasteiger partial charge in [0.05, 0.1) is 16.7 Å². The molecule has 2 aromatic heterocycles. The minimum atomic E-state index is -0.908. The normalized spacial score (nSPS) is 22.3. The quantitative estimate of drug-likeness (QED) is 0.642. The number of benzene rings is 1. The molecule has 1 aliphatic carbocycles. The van der Waals surface area contributed by atoms with Crippen molar-refractivity contribution < 1.29 is 4.39 Å². The lowest BCUT2D eigenvalue weighted by molar-refractivity contribution is 0.348. The lowest BCUT2D eigenvalue weighted by atomic mass is 9.98. The first-order chi connectivity index (χ1) is 10.7. The van der Waals surface area contributed by atoms with Crippen LogP contribution in [0.4, 0.5) is 4.39 Å². The smallest absolute Gasteiger partial charge is 0.182 e. The standard InChI is InChI=1S/C17H17FN4/c1-11-16-20-21-17(12-6-2-3-7-13(18)10-12)22(16)15-9-5-4-8-14(15)19-11/h3-5,7-9,12-13H,2,6,10H2,1H3. The Morgan fingerprint density at radius 3 is 3.00 bits per heavy atom. The van der Waals surface area contributed by atoms with Crippen molar-refractivity contribution in [3.63, 3.8) is 0 Å². The molecule has 2 atom stereocenters. The van der Waals surface area contributed by atoms with Crippen molar-refractivity contribution in [1.82, 2.24) is 19.6 Å². The summed E-state index contributed by atoms with van der Waals surface area (Å²) >= 11 is 0. The van der Waals surface area contributed by atoms with Crippen molar-refractivity contribution in [1.29, 1.82) is 0 Å². The predicted octanol–water partition coefficient (Wildman–Crippen LogP) is 3.75. The van der Waals surface area contributed by atoms with E-state index >= 15 is 0 Å². The molecule has 0 saturated carbocycles. The van der Waals surface area contributed by atoms with Crippen LogP contribution in [-0.4, -0.2) is 25.8 Å². The molecule has 0 spiro atoms. The second kappa shape index (κ2) is 5.16. The van der Waals surface area contributed by atoms with Crippen LogP contribution < -0.4 is 0 Å². The maximum atomic E-state index is 13.9. The zero-order valence-electron chi connectivity index (χ0n) is 12.4. The van der Waals surface area contributed by atoms with Gasteiger partial charge in [0.15, 0.2) is 5.65 Å². The minimum Gasteiger partial charge on any atom is -0.276 e. The molecule has 4 nitrogen and oxygen atoms in total. The molecule has 0 bridgehead atoms. The first kappa shape index (κ1) is 13.4. The van der Waals surface area contributed by atoms with E-state index in [2.05, 4.69) is 19.6 Å². The van der Waals surface area contributed by atoms with E-state index in [1.165, 1.54) is 0 Å². The number of rotatable bonds is 1. The Bertz CT molecular complexity index is 868. The number of aryl methyl sites for hydroxylation is 1. The van der Waals surface area contributed by atoms with Crippen LogP contribution in [0.2, 0.25) is 0 Å². The van der Waals surface area contributed by atoms with Crippen molar-refractivity contribution in [2.75, 3.05) is 0 Å². The lowest BCUT2D eigenvalue weighted by Gasteiger charge is -2.15. The highest BCUT2D eigenvalue weighted by atomic mass is 19.1. The Kier molecular flexibility index (Phi) is 3.13. The van der Waals surface area contributed by atoms with E-state index in [9.17, 15) is 4.39 Å². The third-order valence-electron chi connectivity index (χ3n) is 4.32. The van der Waals surface area contributed by atoms with Crippen LogP contribution >= 0.6 is 0 Å². The molecule has 4 rings (SSSR count). The summed E-state index contributed by atoms with van der Waals surface area (Å²) in [6, 6.07) is 7.95. The highest BCUT2D eigenvalue weighted by molar-refractivity contribution is 5.78. The zero-order chi connectivity index (χ0) is 15.1. The zero-order valence-corrected chi connectivity index (χ0v) is 12.4. The molecule has 1 aliphatic rings. The summed E-state index contributed by atoms with van der Waals surface area (Å²) in [5.74, 6) is 0.924. The number of para-hydroxylation sites is 2. The number of hydrogen-bond donors (Lipinski definition) is 0. The van der Waals surface area contributed by atoms with Gasteiger partial charge < -0.3 is 0 Å². The van der Waals surface area contributed by atoms with Crippen LogP contribution in [0, 0.1) is 6.92 Å². The Balaban J connectivity index is 1.95. The molecular formula is C17H17FN4. The van der Waals surface area contributed by atoms with Gasteiger partial charge in [-0.1, -0.05) is 24.3 Å². The van der Waals surface area contributed by atoms with E-state index < -0.39 is 6.17 Å². The summed E-state index contributed by atoms with van der Waals surface area (Å²) in [5, 5.41) is 8.69. The number of fused-ring (bicyclic) bond motifs is 3. The lowest BCUT2D eigenvalue weighted by Crippen LogP contribution is -2.09. The van der Waals surface area contributed by atoms with E-state index in [-0.39, 0.29) is 5.92 Å². The first-order valence-electron chi connectivity index (χ1n) is 7.65. The fourth-order valence-electron chi connectivity index (χ4n) is 3.25. The third kappa shape index (κ3) is 2.08. The SMILES string of the molecule is Cc1nc2ccccc2n2c(C3CCC=CC(F)C3)nnc12. The molecule has 2 unspecified atom stereocenters. The van der Waals surface area contributed by atoms with Gasteiger partial charge in [-0.05, 0) is 38.3 Å². The van der Waals surface area contributed by atoms with Crippen LogP contribution in [0.25, 0.3) is 16.7 Å². The number of halogens is 1. The van der Waals surface area contributed by atoms with Crippen molar-refractivity contribution in [3.8, 4) is 0 Å². The maximum Gasteiger partial charge on any atom is 0.182 e. The summed E-state index contributed by atoms with van der Waals surface area (Å²) in [6.07, 6.45) is 4.92. The molecule has 3 aromatic rings. The number of nitrogens with zero attached hydrogens (tertiary/aromatic N) is 4. The number of allylic oxidation sites excluding steroid dienone is 2. The fraction of sp³-hybridized carbons (Fsp3) is 0.353. The predicted molar refractivity (Wildman–Crippen MR) is 83.7 cm³/mol. The van der Waals surface area contributed by atoms with Crippen LogP contribution in [0.3, 0.4) is 0 Å². The van der Waals surface area contributed by atoms with E-state index in [0.717, 1.165) is 41.0 Å². The van der Waals surface area contributed by atoms with Crippen molar-refractivity contribution in [2.24, 2.45) is 0 Å². The van der Waals surface area contributed by atoms with E-state index in [1.54, 1.807) is 6.08 Å². The van der Waals surface area contributed by atoms with Crippen molar-refractivity contribution in [2.45, 2.75) is 38.3 Å². The topological polar surface area (TPSA) is 43.1 Å². The number of aromatic nitrogens is 4. The summed E-state index contributed by atoms with van der Waals surface area (Å²) in [5.41, 5.74) is 3.51. The van der Waals surface area contributed by atoms with Gasteiger partial charge in [-0.3, -0.25) is 4.40 Å². The van der Waals surface area contributed by atoms with E-state index in [4.69, 9.17) is 0 Å². The molecule has 2 heterocycles. The summed E-state index contributed by atoms with van der Waals surface area (Å²) < 4.78 is 16.0. The molecule has 5 heteroatoms. The van der Waals surface area contributed by atoms with Crippen LogP contribution in [-0.2, 0) is 0 Å². The molecule has 0 saturated heterocycles. The van der Waals surface area contributed by atoms with Gasteiger partial charge in [-0.15, -0.1) is 10.2 Å². The Hall–Kier alpha value is -2.30. The Morgan fingerprint density at radius 1 is 1.23 bits per heavy atom. The molecule has 0 amide bonds. The highest BCUT2D eigenvalue weighted by Crippen LogP contribution is 2.31. The number of hydrogen-bond acceptors (Lipinski definition) is 3. The molecule has 0 radical (unpaired) electrons. The maximum absolute atomic E-state index is 13.9. The third-order valence-corrected chi connectivity index (χ3v) is 4.32. The van der Waals surface area contributed by atoms with Gasteiger partial charge in [0.1, 0.15) is 12.0 Å². The van der Waals surface area contributed by atoms with Crippen molar-refractivity contribution >= 4 is 16.7 Å². The van der Waals surface area contributed by atoms with Gasteiger partial charge in [0.25, 0.3) is 0 Å². The molecule has 112 valence electrons. The molecule has 0 fully saturated rings. The molecular weight excluding hydrogens is 279 g/mol. The van der Waals surface area contributed by atoms with Gasteiger partial charge in [-0.25, -0.2) is 9.37 Å². The van der Waals surface area contributed by atoms with Gasteiger partial charge in [0.2, 0.25) is 0 Å².